The molecule has 12 heteroatoms. The van der Waals surface area contributed by atoms with Gasteiger partial charge in [0.15, 0.2) is 15.5 Å². The van der Waals surface area contributed by atoms with E-state index in [1.54, 1.807) is 42.2 Å². The van der Waals surface area contributed by atoms with Crippen LogP contribution in [-0.4, -0.2) is 65.2 Å². The molecule has 4 aromatic rings. The molecule has 0 aliphatic carbocycles. The van der Waals surface area contributed by atoms with Gasteiger partial charge < -0.3 is 9.80 Å². The smallest absolute Gasteiger partial charge is 0.349 e. The number of benzene rings is 2. The number of carbonyl (C=O) groups is 1. The first-order chi connectivity index (χ1) is 21.1. The second kappa shape index (κ2) is 12.0. The number of pyridine rings is 1. The summed E-state index contributed by atoms with van der Waals surface area (Å²) in [4.78, 5) is 39.9. The summed E-state index contributed by atoms with van der Waals surface area (Å²) in [7, 11) is -3.55. The number of hydrogen-bond donors (Lipinski definition) is 0. The van der Waals surface area contributed by atoms with E-state index in [1.165, 1.54) is 22.8 Å². The summed E-state index contributed by atoms with van der Waals surface area (Å²) < 4.78 is 41.5. The number of rotatable bonds is 6. The van der Waals surface area contributed by atoms with Gasteiger partial charge in [0.05, 0.1) is 26.7 Å². The molecule has 0 N–H and O–H groups in total. The molecular formula is C33H35ClFN5O4S. The monoisotopic (exact) mass is 651 g/mol. The Bertz CT molecular complexity index is 2030. The summed E-state index contributed by atoms with van der Waals surface area (Å²) in [5.41, 5.74) is 1.44. The van der Waals surface area contributed by atoms with E-state index in [0.29, 0.717) is 41.1 Å². The fourth-order valence-electron chi connectivity index (χ4n) is 5.95. The predicted octanol–water partition coefficient (Wildman–Crippen LogP) is 5.69. The Morgan fingerprint density at radius 2 is 1.80 bits per heavy atom. The van der Waals surface area contributed by atoms with Crippen LogP contribution >= 0.6 is 11.6 Å². The van der Waals surface area contributed by atoms with E-state index in [0.717, 1.165) is 6.26 Å². The van der Waals surface area contributed by atoms with Crippen molar-refractivity contribution in [3.05, 3.63) is 87.6 Å². The molecule has 236 valence electrons. The van der Waals surface area contributed by atoms with Crippen LogP contribution in [0.25, 0.3) is 28.0 Å². The quantitative estimate of drug-likeness (QED) is 0.247. The number of piperazine rings is 1. The molecule has 1 saturated heterocycles. The third kappa shape index (κ3) is 5.86. The Morgan fingerprint density at radius 3 is 2.42 bits per heavy atom. The SMILES string of the molecule is C=CC(=O)N1C[C@H](C)N(c2nc(=O)n(-c3c(C)cc(S(C)(=O)=O)cc3C(C)C)c3nc(-c4ccccc4F)c(Cl)cc23)C[C@H]1C. The lowest BCUT2D eigenvalue weighted by Gasteiger charge is -2.44. The standard InChI is InChI=1S/C33H35ClFN5O4S/c1-8-28(41)38-16-21(6)39(17-20(38)5)31-25-15-26(34)29(23-11-9-10-12-27(23)35)36-32(25)40(33(42)37-31)30-19(4)13-22(45(7,43)44)14-24(30)18(2)3/h8-15,18,20-21H,1,16-17H2,2-7H3/t20-,21+/m1/s1. The molecule has 0 bridgehead atoms. The number of hydrogen-bond acceptors (Lipinski definition) is 7. The zero-order valence-corrected chi connectivity index (χ0v) is 27.6. The Hall–Kier alpha value is -4.09. The summed E-state index contributed by atoms with van der Waals surface area (Å²) in [6.45, 7) is 13.7. The highest BCUT2D eigenvalue weighted by Crippen LogP contribution is 2.37. The molecule has 2 aromatic carbocycles. The molecule has 5 rings (SSSR count). The molecule has 45 heavy (non-hydrogen) atoms. The first-order valence-corrected chi connectivity index (χ1v) is 16.8. The van der Waals surface area contributed by atoms with Gasteiger partial charge in [0.2, 0.25) is 5.91 Å². The van der Waals surface area contributed by atoms with Gasteiger partial charge in [0, 0.05) is 37.0 Å². The molecule has 1 fully saturated rings. The third-order valence-electron chi connectivity index (χ3n) is 8.22. The lowest BCUT2D eigenvalue weighted by Crippen LogP contribution is -2.58. The van der Waals surface area contributed by atoms with Crippen molar-refractivity contribution in [3.63, 3.8) is 0 Å². The van der Waals surface area contributed by atoms with Crippen LogP contribution in [0.4, 0.5) is 10.2 Å². The van der Waals surface area contributed by atoms with Crippen molar-refractivity contribution in [1.29, 1.82) is 0 Å². The number of halogens is 2. The van der Waals surface area contributed by atoms with Crippen molar-refractivity contribution in [2.75, 3.05) is 24.2 Å². The molecular weight excluding hydrogens is 617 g/mol. The van der Waals surface area contributed by atoms with Gasteiger partial charge in [-0.25, -0.2) is 27.2 Å². The minimum absolute atomic E-state index is 0.132. The number of aryl methyl sites for hydroxylation is 1. The van der Waals surface area contributed by atoms with E-state index in [2.05, 4.69) is 11.6 Å². The largest absolute Gasteiger partial charge is 0.355 e. The molecule has 0 unspecified atom stereocenters. The van der Waals surface area contributed by atoms with Gasteiger partial charge in [-0.2, -0.15) is 4.98 Å². The average molecular weight is 652 g/mol. The van der Waals surface area contributed by atoms with Crippen LogP contribution in [-0.2, 0) is 14.6 Å². The zero-order chi connectivity index (χ0) is 33.0. The van der Waals surface area contributed by atoms with E-state index in [1.807, 2.05) is 32.6 Å². The maximum absolute atomic E-state index is 15.1. The van der Waals surface area contributed by atoms with Gasteiger partial charge in [-0.1, -0.05) is 44.2 Å². The van der Waals surface area contributed by atoms with Crippen LogP contribution in [0.1, 0.15) is 44.7 Å². The highest BCUT2D eigenvalue weighted by atomic mass is 35.5. The Kier molecular flexibility index (Phi) is 8.63. The molecule has 2 atom stereocenters. The number of amides is 1. The lowest BCUT2D eigenvalue weighted by molar-refractivity contribution is -0.128. The molecule has 0 radical (unpaired) electrons. The van der Waals surface area contributed by atoms with E-state index < -0.39 is 21.3 Å². The normalized spacial score (nSPS) is 17.3. The summed E-state index contributed by atoms with van der Waals surface area (Å²) in [5, 5.41) is 0.610. The molecule has 1 amide bonds. The van der Waals surface area contributed by atoms with Crippen molar-refractivity contribution in [2.45, 2.75) is 57.5 Å². The molecule has 9 nitrogen and oxygen atoms in total. The minimum atomic E-state index is -3.55. The van der Waals surface area contributed by atoms with Gasteiger partial charge in [-0.15, -0.1) is 0 Å². The van der Waals surface area contributed by atoms with Gasteiger partial charge in [-0.3, -0.25) is 4.79 Å². The first kappa shape index (κ1) is 32.3. The van der Waals surface area contributed by atoms with Gasteiger partial charge in [0.25, 0.3) is 0 Å². The molecule has 3 heterocycles. The highest BCUT2D eigenvalue weighted by molar-refractivity contribution is 7.90. The van der Waals surface area contributed by atoms with Crippen LogP contribution in [0.15, 0.2) is 64.8 Å². The molecule has 1 aliphatic heterocycles. The van der Waals surface area contributed by atoms with Crippen molar-refractivity contribution in [3.8, 4) is 16.9 Å². The molecule has 1 aliphatic rings. The zero-order valence-electron chi connectivity index (χ0n) is 26.0. The number of nitrogens with zero attached hydrogens (tertiary/aromatic N) is 5. The fraction of sp³-hybridized carbons (Fsp3) is 0.333. The van der Waals surface area contributed by atoms with E-state index in [9.17, 15) is 18.0 Å². The van der Waals surface area contributed by atoms with Gasteiger partial charge >= 0.3 is 5.69 Å². The van der Waals surface area contributed by atoms with E-state index in [-0.39, 0.29) is 50.7 Å². The summed E-state index contributed by atoms with van der Waals surface area (Å²) in [5.74, 6) is -0.564. The summed E-state index contributed by atoms with van der Waals surface area (Å²) >= 11 is 6.80. The maximum atomic E-state index is 15.1. The highest BCUT2D eigenvalue weighted by Gasteiger charge is 2.34. The van der Waals surface area contributed by atoms with Crippen LogP contribution in [0.3, 0.4) is 0 Å². The number of anilines is 1. The Morgan fingerprint density at radius 1 is 1.11 bits per heavy atom. The van der Waals surface area contributed by atoms with Crippen LogP contribution in [0.2, 0.25) is 5.02 Å². The Balaban J connectivity index is 1.86. The fourth-order valence-corrected chi connectivity index (χ4v) is 6.93. The maximum Gasteiger partial charge on any atom is 0.355 e. The predicted molar refractivity (Wildman–Crippen MR) is 176 cm³/mol. The molecule has 0 spiro atoms. The second-order valence-corrected chi connectivity index (χ2v) is 14.3. The first-order valence-electron chi connectivity index (χ1n) is 14.6. The topological polar surface area (TPSA) is 105 Å². The van der Waals surface area contributed by atoms with E-state index >= 15 is 4.39 Å². The summed E-state index contributed by atoms with van der Waals surface area (Å²) in [6.07, 6.45) is 2.42. The average Bonchev–Trinajstić information content (AvgIpc) is 2.97. The van der Waals surface area contributed by atoms with Crippen LogP contribution in [0.5, 0.6) is 0 Å². The number of aromatic nitrogens is 3. The molecule has 0 saturated carbocycles. The van der Waals surface area contributed by atoms with Gasteiger partial charge in [0.1, 0.15) is 11.6 Å². The molecule has 2 aromatic heterocycles. The van der Waals surface area contributed by atoms with E-state index in [4.69, 9.17) is 16.6 Å². The third-order valence-corrected chi connectivity index (χ3v) is 9.60. The lowest BCUT2D eigenvalue weighted by atomic mass is 9.97. The van der Waals surface area contributed by atoms with Crippen molar-refractivity contribution >= 4 is 44.2 Å². The minimum Gasteiger partial charge on any atom is -0.349 e. The van der Waals surface area contributed by atoms with Crippen LogP contribution < -0.4 is 10.6 Å². The number of carbonyl (C=O) groups excluding carboxylic acids is 1. The van der Waals surface area contributed by atoms with Crippen molar-refractivity contribution < 1.29 is 17.6 Å². The van der Waals surface area contributed by atoms with Crippen LogP contribution in [0, 0.1) is 12.7 Å². The van der Waals surface area contributed by atoms with Crippen molar-refractivity contribution in [1.82, 2.24) is 19.4 Å². The van der Waals surface area contributed by atoms with Gasteiger partial charge in [-0.05, 0) is 74.2 Å². The second-order valence-electron chi connectivity index (χ2n) is 11.9. The Labute approximate surface area is 266 Å². The summed E-state index contributed by atoms with van der Waals surface area (Å²) in [6, 6.07) is 10.4. The number of fused-ring (bicyclic) bond motifs is 1. The number of sulfone groups is 1. The van der Waals surface area contributed by atoms with Crippen molar-refractivity contribution in [2.24, 2.45) is 0 Å².